The highest BCUT2D eigenvalue weighted by Crippen LogP contribution is 2.43. The third-order valence-corrected chi connectivity index (χ3v) is 5.42. The molecule has 4 rings (SSSR count). The molecule has 3 heteroatoms. The Morgan fingerprint density at radius 2 is 1.81 bits per heavy atom. The molecule has 0 saturated heterocycles. The summed E-state index contributed by atoms with van der Waals surface area (Å²) in [6, 6.07) is 12.6. The van der Waals surface area contributed by atoms with Crippen LogP contribution >= 0.6 is 0 Å². The average Bonchev–Trinajstić information content (AvgIpc) is 3.01. The molecule has 4 aromatic rings. The van der Waals surface area contributed by atoms with Crippen molar-refractivity contribution in [3.8, 4) is 11.3 Å². The zero-order chi connectivity index (χ0) is 19.3. The third kappa shape index (κ3) is 2.52. The first-order valence-electron chi connectivity index (χ1n) is 9.25. The van der Waals surface area contributed by atoms with Crippen LogP contribution in [0.4, 0.5) is 5.69 Å². The number of aryl methyl sites for hydroxylation is 3. The number of benzene rings is 2. The summed E-state index contributed by atoms with van der Waals surface area (Å²) in [5.41, 5.74) is 7.87. The van der Waals surface area contributed by atoms with Gasteiger partial charge in [0.05, 0.1) is 12.1 Å². The van der Waals surface area contributed by atoms with Crippen LogP contribution in [0.15, 0.2) is 47.0 Å². The molecule has 0 N–H and O–H groups in total. The second kappa shape index (κ2) is 6.25. The maximum Gasteiger partial charge on any atom is 0.216 e. The molecule has 0 spiro atoms. The quantitative estimate of drug-likeness (QED) is 0.302. The topological polar surface area (TPSA) is 21.4 Å². The second-order valence-corrected chi connectivity index (χ2v) is 7.52. The Balaban J connectivity index is 2.18. The lowest BCUT2D eigenvalue weighted by Crippen LogP contribution is -2.30. The van der Waals surface area contributed by atoms with E-state index in [0.29, 0.717) is 5.92 Å². The summed E-state index contributed by atoms with van der Waals surface area (Å²) in [5, 5.41) is 2.20. The molecule has 0 aliphatic carbocycles. The largest absolute Gasteiger partial charge is 0.456 e. The standard InChI is InChI=1S/C24H23N2O/c1-14(2)18-13-19-17-11-10-15(3)21(20-9-7-8-12-26(20)6)24(17)27-23(19)16(4)22(18)25-5/h7-14H,1-4,6H3/q+1. The lowest BCUT2D eigenvalue weighted by molar-refractivity contribution is -0.660. The minimum absolute atomic E-state index is 0.291. The van der Waals surface area contributed by atoms with E-state index >= 15 is 0 Å². The Labute approximate surface area is 159 Å². The zero-order valence-electron chi connectivity index (χ0n) is 16.4. The van der Waals surface area contributed by atoms with Crippen LogP contribution in [0.1, 0.15) is 36.5 Å². The number of aromatic nitrogens is 1. The molecule has 0 saturated carbocycles. The fourth-order valence-corrected chi connectivity index (χ4v) is 3.94. The number of rotatable bonds is 2. The van der Waals surface area contributed by atoms with E-state index in [1.54, 1.807) is 0 Å². The smallest absolute Gasteiger partial charge is 0.216 e. The van der Waals surface area contributed by atoms with E-state index in [1.807, 2.05) is 13.0 Å². The summed E-state index contributed by atoms with van der Waals surface area (Å²) >= 11 is 0. The number of hydrogen-bond acceptors (Lipinski definition) is 1. The maximum absolute atomic E-state index is 7.65. The van der Waals surface area contributed by atoms with Gasteiger partial charge < -0.3 is 4.42 Å². The molecular weight excluding hydrogens is 332 g/mol. The van der Waals surface area contributed by atoms with Gasteiger partial charge in [-0.1, -0.05) is 32.0 Å². The van der Waals surface area contributed by atoms with Crippen molar-refractivity contribution in [1.82, 2.24) is 0 Å². The van der Waals surface area contributed by atoms with E-state index in [9.17, 15) is 0 Å². The van der Waals surface area contributed by atoms with Gasteiger partial charge in [0.1, 0.15) is 18.2 Å². The van der Waals surface area contributed by atoms with Gasteiger partial charge in [0.25, 0.3) is 0 Å². The van der Waals surface area contributed by atoms with Crippen molar-refractivity contribution < 1.29 is 8.98 Å². The third-order valence-electron chi connectivity index (χ3n) is 5.42. The Morgan fingerprint density at radius 1 is 1.04 bits per heavy atom. The van der Waals surface area contributed by atoms with E-state index in [1.165, 1.54) is 5.56 Å². The lowest BCUT2D eigenvalue weighted by Gasteiger charge is -2.10. The molecule has 0 fully saturated rings. The van der Waals surface area contributed by atoms with E-state index in [4.69, 9.17) is 11.0 Å². The molecule has 134 valence electrons. The van der Waals surface area contributed by atoms with Crippen LogP contribution in [0, 0.1) is 20.4 Å². The van der Waals surface area contributed by atoms with Crippen LogP contribution in [0.5, 0.6) is 0 Å². The van der Waals surface area contributed by atoms with Gasteiger partial charge in [-0.2, -0.15) is 0 Å². The van der Waals surface area contributed by atoms with Crippen molar-refractivity contribution >= 4 is 27.6 Å². The normalized spacial score (nSPS) is 11.4. The Kier molecular flexibility index (Phi) is 4.00. The fraction of sp³-hybridized carbons (Fsp3) is 0.250. The van der Waals surface area contributed by atoms with Gasteiger partial charge in [-0.3, -0.25) is 0 Å². The monoisotopic (exact) mass is 355 g/mol. The van der Waals surface area contributed by atoms with Crippen LogP contribution < -0.4 is 4.57 Å². The van der Waals surface area contributed by atoms with Crippen molar-refractivity contribution in [2.75, 3.05) is 0 Å². The van der Waals surface area contributed by atoms with Crippen LogP contribution in [0.2, 0.25) is 0 Å². The Hall–Kier alpha value is -3.12. The van der Waals surface area contributed by atoms with Gasteiger partial charge in [-0.05, 0) is 42.5 Å². The molecule has 0 radical (unpaired) electrons. The summed E-state index contributed by atoms with van der Waals surface area (Å²) in [4.78, 5) is 3.81. The molecule has 3 nitrogen and oxygen atoms in total. The lowest BCUT2D eigenvalue weighted by atomic mass is 9.94. The average molecular weight is 355 g/mol. The molecule has 0 bridgehead atoms. The molecule has 0 aliphatic heterocycles. The van der Waals surface area contributed by atoms with E-state index in [2.05, 4.69) is 73.8 Å². The molecule has 0 aliphatic rings. The number of hydrogen-bond donors (Lipinski definition) is 0. The SMILES string of the molecule is [C-]#[N+]c1c(C(C)C)cc2c(oc3c(-c4cccc[n+]4C)c(C)ccc32)c1C. The van der Waals surface area contributed by atoms with Gasteiger partial charge >= 0.3 is 0 Å². The highest BCUT2D eigenvalue weighted by molar-refractivity contribution is 6.11. The van der Waals surface area contributed by atoms with Gasteiger partial charge in [0.2, 0.25) is 5.69 Å². The molecule has 0 unspecified atom stereocenters. The molecule has 2 heterocycles. The molecule has 0 atom stereocenters. The summed E-state index contributed by atoms with van der Waals surface area (Å²) in [6.07, 6.45) is 2.05. The van der Waals surface area contributed by atoms with Gasteiger partial charge in [0, 0.05) is 22.9 Å². The van der Waals surface area contributed by atoms with Gasteiger partial charge in [-0.25, -0.2) is 9.41 Å². The highest BCUT2D eigenvalue weighted by atomic mass is 16.3. The molecule has 2 aromatic carbocycles. The van der Waals surface area contributed by atoms with E-state index in [-0.39, 0.29) is 0 Å². The zero-order valence-corrected chi connectivity index (χ0v) is 16.4. The molecule has 2 aromatic heterocycles. The van der Waals surface area contributed by atoms with E-state index in [0.717, 1.165) is 50.0 Å². The first kappa shape index (κ1) is 17.3. The summed E-state index contributed by atoms with van der Waals surface area (Å²) in [6.45, 7) is 16.0. The first-order valence-corrected chi connectivity index (χ1v) is 9.25. The summed E-state index contributed by atoms with van der Waals surface area (Å²) < 4.78 is 8.54. The van der Waals surface area contributed by atoms with Crippen molar-refractivity contribution in [2.45, 2.75) is 33.6 Å². The van der Waals surface area contributed by atoms with Gasteiger partial charge in [-0.15, -0.1) is 0 Å². The first-order chi connectivity index (χ1) is 12.9. The van der Waals surface area contributed by atoms with Crippen molar-refractivity contribution in [1.29, 1.82) is 0 Å². The molecular formula is C24H23N2O+. The fourth-order valence-electron chi connectivity index (χ4n) is 3.94. The number of fused-ring (bicyclic) bond motifs is 3. The summed E-state index contributed by atoms with van der Waals surface area (Å²) in [5.74, 6) is 0.291. The van der Waals surface area contributed by atoms with Crippen LogP contribution in [-0.4, -0.2) is 0 Å². The van der Waals surface area contributed by atoms with Gasteiger partial charge in [0.15, 0.2) is 11.9 Å². The minimum atomic E-state index is 0.291. The van der Waals surface area contributed by atoms with E-state index < -0.39 is 0 Å². The van der Waals surface area contributed by atoms with Crippen LogP contribution in [0.25, 0.3) is 38.0 Å². The number of pyridine rings is 1. The maximum atomic E-state index is 7.65. The van der Waals surface area contributed by atoms with Crippen LogP contribution in [0.3, 0.4) is 0 Å². The van der Waals surface area contributed by atoms with Crippen molar-refractivity contribution in [3.05, 3.63) is 70.7 Å². The Morgan fingerprint density at radius 3 is 2.48 bits per heavy atom. The van der Waals surface area contributed by atoms with Crippen LogP contribution in [-0.2, 0) is 7.05 Å². The predicted molar refractivity (Wildman–Crippen MR) is 110 cm³/mol. The second-order valence-electron chi connectivity index (χ2n) is 7.52. The van der Waals surface area contributed by atoms with Crippen molar-refractivity contribution in [3.63, 3.8) is 0 Å². The predicted octanol–water partition coefficient (Wildman–Crippen LogP) is 6.37. The van der Waals surface area contributed by atoms with Crippen molar-refractivity contribution in [2.24, 2.45) is 7.05 Å². The summed E-state index contributed by atoms with van der Waals surface area (Å²) in [7, 11) is 2.05. The molecule has 0 amide bonds. The number of furan rings is 1. The minimum Gasteiger partial charge on any atom is -0.456 e. The number of nitrogens with zero attached hydrogens (tertiary/aromatic N) is 2. The Bertz CT molecular complexity index is 1240. The highest BCUT2D eigenvalue weighted by Gasteiger charge is 2.23. The molecule has 27 heavy (non-hydrogen) atoms.